The van der Waals surface area contributed by atoms with Gasteiger partial charge in [-0.3, -0.25) is 9.78 Å². The fourth-order valence-corrected chi connectivity index (χ4v) is 1.66. The Hall–Kier alpha value is -2.36. The summed E-state index contributed by atoms with van der Waals surface area (Å²) in [4.78, 5) is 15.8. The number of rotatable bonds is 3. The summed E-state index contributed by atoms with van der Waals surface area (Å²) in [5, 5.41) is 2.82. The molecule has 1 aromatic heterocycles. The number of amides is 1. The van der Waals surface area contributed by atoms with Crippen molar-refractivity contribution in [3.8, 4) is 5.75 Å². The molecule has 1 aromatic carbocycles. The predicted molar refractivity (Wildman–Crippen MR) is 69.9 cm³/mol. The first-order chi connectivity index (χ1) is 8.70. The highest BCUT2D eigenvalue weighted by molar-refractivity contribution is 6.04. The molecule has 4 nitrogen and oxygen atoms in total. The summed E-state index contributed by atoms with van der Waals surface area (Å²) in [7, 11) is 1.62. The fourth-order valence-electron chi connectivity index (χ4n) is 1.66. The maximum absolute atomic E-state index is 11.9. The Morgan fingerprint density at radius 1 is 1.33 bits per heavy atom. The molecule has 92 valence electrons. The summed E-state index contributed by atoms with van der Waals surface area (Å²) in [5.74, 6) is 0.627. The van der Waals surface area contributed by atoms with E-state index in [1.54, 1.807) is 31.5 Å². The highest BCUT2D eigenvalue weighted by atomic mass is 16.5. The van der Waals surface area contributed by atoms with Gasteiger partial charge in [0.2, 0.25) is 0 Å². The van der Waals surface area contributed by atoms with Crippen molar-refractivity contribution in [3.05, 3.63) is 53.9 Å². The first kappa shape index (κ1) is 12.1. The average molecular weight is 242 g/mol. The monoisotopic (exact) mass is 242 g/mol. The van der Waals surface area contributed by atoms with Gasteiger partial charge in [-0.15, -0.1) is 0 Å². The second-order valence-electron chi connectivity index (χ2n) is 3.88. The van der Waals surface area contributed by atoms with Gasteiger partial charge in [-0.05, 0) is 42.8 Å². The van der Waals surface area contributed by atoms with Crippen LogP contribution in [0.15, 0.2) is 42.7 Å². The molecule has 4 heteroatoms. The van der Waals surface area contributed by atoms with Crippen LogP contribution in [0.3, 0.4) is 0 Å². The van der Waals surface area contributed by atoms with Crippen LogP contribution in [-0.4, -0.2) is 18.0 Å². The minimum atomic E-state index is -0.173. The van der Waals surface area contributed by atoms with Crippen LogP contribution < -0.4 is 10.1 Å². The number of benzene rings is 1. The Morgan fingerprint density at radius 2 is 2.17 bits per heavy atom. The lowest BCUT2D eigenvalue weighted by molar-refractivity contribution is 0.102. The molecular formula is C14H14N2O2. The molecule has 0 spiro atoms. The van der Waals surface area contributed by atoms with Crippen LogP contribution in [0.4, 0.5) is 5.69 Å². The Balaban J connectivity index is 2.15. The zero-order chi connectivity index (χ0) is 13.0. The normalized spacial score (nSPS) is 9.89. The number of aryl methyl sites for hydroxylation is 1. The highest BCUT2D eigenvalue weighted by Gasteiger charge is 2.06. The van der Waals surface area contributed by atoms with Crippen molar-refractivity contribution in [1.82, 2.24) is 4.98 Å². The van der Waals surface area contributed by atoms with Gasteiger partial charge in [-0.25, -0.2) is 0 Å². The van der Waals surface area contributed by atoms with Gasteiger partial charge in [0.25, 0.3) is 5.91 Å². The Morgan fingerprint density at radius 3 is 2.78 bits per heavy atom. The van der Waals surface area contributed by atoms with Gasteiger partial charge >= 0.3 is 0 Å². The van der Waals surface area contributed by atoms with E-state index >= 15 is 0 Å². The number of pyridine rings is 1. The molecule has 1 amide bonds. The molecule has 0 atom stereocenters. The second kappa shape index (κ2) is 5.31. The summed E-state index contributed by atoms with van der Waals surface area (Å²) in [6.45, 7) is 1.93. The number of anilines is 1. The molecule has 0 aliphatic heterocycles. The molecule has 0 fully saturated rings. The first-order valence-corrected chi connectivity index (χ1v) is 5.56. The van der Waals surface area contributed by atoms with Gasteiger partial charge in [-0.1, -0.05) is 0 Å². The van der Waals surface area contributed by atoms with E-state index in [0.29, 0.717) is 5.56 Å². The van der Waals surface area contributed by atoms with Crippen LogP contribution >= 0.6 is 0 Å². The van der Waals surface area contributed by atoms with Gasteiger partial charge < -0.3 is 10.1 Å². The number of carbonyl (C=O) groups is 1. The van der Waals surface area contributed by atoms with E-state index in [0.717, 1.165) is 17.0 Å². The predicted octanol–water partition coefficient (Wildman–Crippen LogP) is 2.65. The molecule has 0 aliphatic carbocycles. The van der Waals surface area contributed by atoms with Gasteiger partial charge in [0.15, 0.2) is 0 Å². The first-order valence-electron chi connectivity index (χ1n) is 5.56. The van der Waals surface area contributed by atoms with Crippen molar-refractivity contribution in [2.24, 2.45) is 0 Å². The molecule has 18 heavy (non-hydrogen) atoms. The molecule has 1 N–H and O–H groups in total. The van der Waals surface area contributed by atoms with Crippen molar-refractivity contribution >= 4 is 11.6 Å². The van der Waals surface area contributed by atoms with Crippen molar-refractivity contribution in [2.45, 2.75) is 6.92 Å². The molecule has 0 aliphatic rings. The molecule has 0 unspecified atom stereocenters. The maximum Gasteiger partial charge on any atom is 0.257 e. The number of hydrogen-bond donors (Lipinski definition) is 1. The van der Waals surface area contributed by atoms with Crippen molar-refractivity contribution in [1.29, 1.82) is 0 Å². The zero-order valence-corrected chi connectivity index (χ0v) is 10.3. The van der Waals surface area contributed by atoms with E-state index in [2.05, 4.69) is 10.3 Å². The van der Waals surface area contributed by atoms with E-state index < -0.39 is 0 Å². The average Bonchev–Trinajstić information content (AvgIpc) is 2.40. The minimum absolute atomic E-state index is 0.173. The number of carbonyl (C=O) groups excluding carboxylic acids is 1. The Bertz CT molecular complexity index is 553. The third-order valence-electron chi connectivity index (χ3n) is 2.58. The largest absolute Gasteiger partial charge is 0.496 e. The summed E-state index contributed by atoms with van der Waals surface area (Å²) < 4.78 is 5.17. The van der Waals surface area contributed by atoms with Crippen molar-refractivity contribution in [2.75, 3.05) is 12.4 Å². The molecule has 0 bridgehead atoms. The number of methoxy groups -OCH3 is 1. The summed E-state index contributed by atoms with van der Waals surface area (Å²) in [6.07, 6.45) is 3.17. The molecular weight excluding hydrogens is 228 g/mol. The Kier molecular flexibility index (Phi) is 3.57. The molecule has 0 saturated carbocycles. The molecule has 1 heterocycles. The van der Waals surface area contributed by atoms with Gasteiger partial charge in [-0.2, -0.15) is 0 Å². The van der Waals surface area contributed by atoms with Crippen molar-refractivity contribution in [3.63, 3.8) is 0 Å². The molecule has 2 aromatic rings. The van der Waals surface area contributed by atoms with E-state index in [1.165, 1.54) is 6.20 Å². The minimum Gasteiger partial charge on any atom is -0.496 e. The van der Waals surface area contributed by atoms with Crippen molar-refractivity contribution < 1.29 is 9.53 Å². The lowest BCUT2D eigenvalue weighted by atomic mass is 10.2. The fraction of sp³-hybridized carbons (Fsp3) is 0.143. The number of nitrogens with zero attached hydrogens (tertiary/aromatic N) is 1. The van der Waals surface area contributed by atoms with Crippen LogP contribution in [0.25, 0.3) is 0 Å². The summed E-state index contributed by atoms with van der Waals surface area (Å²) >= 11 is 0. The number of ether oxygens (including phenoxy) is 1. The van der Waals surface area contributed by atoms with Gasteiger partial charge in [0.05, 0.1) is 12.7 Å². The number of nitrogens with one attached hydrogen (secondary N) is 1. The smallest absolute Gasteiger partial charge is 0.257 e. The van der Waals surface area contributed by atoms with E-state index in [1.807, 2.05) is 19.1 Å². The zero-order valence-electron chi connectivity index (χ0n) is 10.3. The van der Waals surface area contributed by atoms with Crippen LogP contribution in [0.5, 0.6) is 5.75 Å². The quantitative estimate of drug-likeness (QED) is 0.900. The third kappa shape index (κ3) is 2.66. The lowest BCUT2D eigenvalue weighted by Crippen LogP contribution is -2.12. The lowest BCUT2D eigenvalue weighted by Gasteiger charge is -2.08. The van der Waals surface area contributed by atoms with E-state index in [9.17, 15) is 4.79 Å². The Labute approximate surface area is 106 Å². The maximum atomic E-state index is 11.9. The van der Waals surface area contributed by atoms with Crippen LogP contribution in [0.2, 0.25) is 0 Å². The summed E-state index contributed by atoms with van der Waals surface area (Å²) in [5.41, 5.74) is 2.25. The van der Waals surface area contributed by atoms with Crippen LogP contribution in [-0.2, 0) is 0 Å². The summed E-state index contributed by atoms with van der Waals surface area (Å²) in [6, 6.07) is 8.95. The van der Waals surface area contributed by atoms with Crippen LogP contribution in [0, 0.1) is 6.92 Å². The topological polar surface area (TPSA) is 51.2 Å². The standard InChI is InChI=1S/C14H14N2O2/c1-10-8-12(5-6-13(10)18-2)16-14(17)11-4-3-7-15-9-11/h3-9H,1-2H3,(H,16,17). The van der Waals surface area contributed by atoms with Gasteiger partial charge in [0, 0.05) is 18.1 Å². The van der Waals surface area contributed by atoms with E-state index in [-0.39, 0.29) is 5.91 Å². The van der Waals surface area contributed by atoms with Crippen LogP contribution in [0.1, 0.15) is 15.9 Å². The van der Waals surface area contributed by atoms with E-state index in [4.69, 9.17) is 4.74 Å². The molecule has 0 radical (unpaired) electrons. The van der Waals surface area contributed by atoms with Gasteiger partial charge in [0.1, 0.15) is 5.75 Å². The number of hydrogen-bond acceptors (Lipinski definition) is 3. The number of aromatic nitrogens is 1. The SMILES string of the molecule is COc1ccc(NC(=O)c2cccnc2)cc1C. The molecule has 2 rings (SSSR count). The highest BCUT2D eigenvalue weighted by Crippen LogP contribution is 2.21. The molecule has 0 saturated heterocycles. The second-order valence-corrected chi connectivity index (χ2v) is 3.88. The third-order valence-corrected chi connectivity index (χ3v) is 2.58.